The number of hydrogen-bond donors (Lipinski definition) is 1. The number of rotatable bonds is 3. The van der Waals surface area contributed by atoms with Crippen molar-refractivity contribution in [1.82, 2.24) is 4.98 Å². The number of hydrogen-bond acceptors (Lipinski definition) is 3. The Morgan fingerprint density at radius 1 is 1.21 bits per heavy atom. The Morgan fingerprint density at radius 2 is 1.84 bits per heavy atom. The first-order valence-electron chi connectivity index (χ1n) is 5.69. The molecule has 1 heterocycles. The highest BCUT2D eigenvalue weighted by molar-refractivity contribution is 5.94. The fraction of sp³-hybridized carbons (Fsp3) is 0.143. The van der Waals surface area contributed by atoms with Gasteiger partial charge in [-0.15, -0.1) is 0 Å². The molecular formula is C14H13FN2O2. The number of pyridine rings is 1. The van der Waals surface area contributed by atoms with Crippen molar-refractivity contribution < 1.29 is 14.3 Å². The number of aromatic carboxylic acids is 1. The van der Waals surface area contributed by atoms with E-state index in [4.69, 9.17) is 5.11 Å². The van der Waals surface area contributed by atoms with E-state index in [1.165, 1.54) is 18.2 Å². The lowest BCUT2D eigenvalue weighted by molar-refractivity contribution is 0.0697. The van der Waals surface area contributed by atoms with Crippen LogP contribution in [0.1, 0.15) is 16.1 Å². The largest absolute Gasteiger partial charge is 0.478 e. The normalized spacial score (nSPS) is 10.3. The molecule has 0 saturated carbocycles. The molecule has 0 radical (unpaired) electrons. The summed E-state index contributed by atoms with van der Waals surface area (Å²) in [5, 5.41) is 9.17. The molecule has 5 heteroatoms. The van der Waals surface area contributed by atoms with Crippen molar-refractivity contribution in [3.8, 4) is 0 Å². The molecule has 19 heavy (non-hydrogen) atoms. The lowest BCUT2D eigenvalue weighted by Gasteiger charge is -2.20. The number of halogens is 1. The molecule has 0 atom stereocenters. The first-order valence-corrected chi connectivity index (χ1v) is 5.69. The Labute approximate surface area is 110 Å². The summed E-state index contributed by atoms with van der Waals surface area (Å²) >= 11 is 0. The van der Waals surface area contributed by atoms with Crippen molar-refractivity contribution in [1.29, 1.82) is 0 Å². The number of aryl methyl sites for hydroxylation is 1. The number of carboxylic acids is 1. The Kier molecular flexibility index (Phi) is 3.46. The van der Waals surface area contributed by atoms with Gasteiger partial charge in [0.1, 0.15) is 17.2 Å². The van der Waals surface area contributed by atoms with Gasteiger partial charge in [-0.25, -0.2) is 14.2 Å². The predicted molar refractivity (Wildman–Crippen MR) is 70.4 cm³/mol. The van der Waals surface area contributed by atoms with Crippen LogP contribution in [0, 0.1) is 12.7 Å². The molecule has 0 bridgehead atoms. The average Bonchev–Trinajstić information content (AvgIpc) is 2.38. The number of anilines is 2. The van der Waals surface area contributed by atoms with Crippen LogP contribution >= 0.6 is 0 Å². The third-order valence-corrected chi connectivity index (χ3v) is 2.78. The molecule has 2 aromatic rings. The van der Waals surface area contributed by atoms with Gasteiger partial charge in [-0.2, -0.15) is 0 Å². The first-order chi connectivity index (χ1) is 8.99. The van der Waals surface area contributed by atoms with E-state index < -0.39 is 5.97 Å². The minimum absolute atomic E-state index is 0.109. The first kappa shape index (κ1) is 13.0. The predicted octanol–water partition coefficient (Wildman–Crippen LogP) is 3.00. The number of nitrogens with zero attached hydrogens (tertiary/aromatic N) is 2. The van der Waals surface area contributed by atoms with E-state index in [-0.39, 0.29) is 11.4 Å². The van der Waals surface area contributed by atoms with Crippen LogP contribution in [-0.2, 0) is 0 Å². The zero-order valence-corrected chi connectivity index (χ0v) is 10.6. The molecule has 0 aliphatic heterocycles. The Morgan fingerprint density at radius 3 is 2.42 bits per heavy atom. The van der Waals surface area contributed by atoms with Gasteiger partial charge < -0.3 is 10.0 Å². The van der Waals surface area contributed by atoms with Gasteiger partial charge in [-0.1, -0.05) is 0 Å². The molecule has 98 valence electrons. The maximum Gasteiger partial charge on any atom is 0.339 e. The van der Waals surface area contributed by atoms with Crippen LogP contribution in [-0.4, -0.2) is 23.1 Å². The minimum atomic E-state index is -1.04. The van der Waals surface area contributed by atoms with E-state index in [1.54, 1.807) is 37.1 Å². The smallest absolute Gasteiger partial charge is 0.339 e. The lowest BCUT2D eigenvalue weighted by Crippen LogP contribution is -2.16. The van der Waals surface area contributed by atoms with Gasteiger partial charge in [0, 0.05) is 18.4 Å². The van der Waals surface area contributed by atoms with Crippen LogP contribution in [0.5, 0.6) is 0 Å². The summed E-state index contributed by atoms with van der Waals surface area (Å²) in [6, 6.07) is 8.95. The highest BCUT2D eigenvalue weighted by Crippen LogP contribution is 2.25. The summed E-state index contributed by atoms with van der Waals surface area (Å²) in [4.78, 5) is 17.1. The van der Waals surface area contributed by atoms with Crippen LogP contribution in [0.4, 0.5) is 15.9 Å². The van der Waals surface area contributed by atoms with E-state index in [0.29, 0.717) is 17.2 Å². The van der Waals surface area contributed by atoms with E-state index in [0.717, 1.165) is 0 Å². The minimum Gasteiger partial charge on any atom is -0.478 e. The number of benzene rings is 1. The molecular weight excluding hydrogens is 247 g/mol. The third kappa shape index (κ3) is 2.70. The van der Waals surface area contributed by atoms with Gasteiger partial charge in [-0.3, -0.25) is 0 Å². The van der Waals surface area contributed by atoms with Crippen LogP contribution < -0.4 is 4.90 Å². The van der Waals surface area contributed by atoms with Gasteiger partial charge in [0.05, 0.1) is 0 Å². The molecule has 2 rings (SSSR count). The van der Waals surface area contributed by atoms with Gasteiger partial charge in [0.2, 0.25) is 0 Å². The number of aromatic nitrogens is 1. The second-order valence-electron chi connectivity index (χ2n) is 4.16. The Bertz CT molecular complexity index is 611. The maximum atomic E-state index is 12.9. The van der Waals surface area contributed by atoms with Gasteiger partial charge >= 0.3 is 5.97 Å². The third-order valence-electron chi connectivity index (χ3n) is 2.78. The van der Waals surface area contributed by atoms with Crippen LogP contribution in [0.25, 0.3) is 0 Å². The molecule has 0 unspecified atom stereocenters. The maximum absolute atomic E-state index is 12.9. The molecule has 4 nitrogen and oxygen atoms in total. The van der Waals surface area contributed by atoms with Gasteiger partial charge in [0.15, 0.2) is 0 Å². The Balaban J connectivity index is 2.48. The van der Waals surface area contributed by atoms with E-state index in [1.807, 2.05) is 0 Å². The van der Waals surface area contributed by atoms with Gasteiger partial charge in [0.25, 0.3) is 0 Å². The average molecular weight is 260 g/mol. The summed E-state index contributed by atoms with van der Waals surface area (Å²) in [5.74, 6) is -1.05. The molecule has 0 aliphatic rings. The fourth-order valence-electron chi connectivity index (χ4n) is 1.75. The molecule has 0 spiro atoms. The number of carbonyl (C=O) groups is 1. The van der Waals surface area contributed by atoms with Crippen LogP contribution in [0.15, 0.2) is 36.4 Å². The zero-order chi connectivity index (χ0) is 14.0. The zero-order valence-electron chi connectivity index (χ0n) is 10.6. The van der Waals surface area contributed by atoms with Crippen molar-refractivity contribution in [2.75, 3.05) is 11.9 Å². The van der Waals surface area contributed by atoms with Crippen molar-refractivity contribution in [2.45, 2.75) is 6.92 Å². The number of carboxylic acid groups (broad SMARTS) is 1. The standard InChI is InChI=1S/C14H13FN2O2/c1-9-3-8-12(14(18)19)13(16-9)17(2)11-6-4-10(15)5-7-11/h3-8H,1-2H3,(H,18,19). The molecule has 1 N–H and O–H groups in total. The fourth-order valence-corrected chi connectivity index (χ4v) is 1.75. The second-order valence-corrected chi connectivity index (χ2v) is 4.16. The highest BCUT2D eigenvalue weighted by atomic mass is 19.1. The van der Waals surface area contributed by atoms with E-state index in [2.05, 4.69) is 4.98 Å². The molecule has 1 aromatic carbocycles. The van der Waals surface area contributed by atoms with Crippen LogP contribution in [0.3, 0.4) is 0 Å². The van der Waals surface area contributed by atoms with Crippen molar-refractivity contribution in [3.63, 3.8) is 0 Å². The lowest BCUT2D eigenvalue weighted by atomic mass is 10.2. The molecule has 0 fully saturated rings. The summed E-state index contributed by atoms with van der Waals surface area (Å²) in [5.41, 5.74) is 1.49. The second kappa shape index (κ2) is 5.06. The molecule has 1 aromatic heterocycles. The van der Waals surface area contributed by atoms with E-state index >= 15 is 0 Å². The van der Waals surface area contributed by atoms with E-state index in [9.17, 15) is 9.18 Å². The highest BCUT2D eigenvalue weighted by Gasteiger charge is 2.16. The molecule has 0 amide bonds. The van der Waals surface area contributed by atoms with Crippen molar-refractivity contribution in [3.05, 3.63) is 53.5 Å². The Hall–Kier alpha value is -2.43. The molecule has 0 saturated heterocycles. The van der Waals surface area contributed by atoms with Crippen molar-refractivity contribution in [2.24, 2.45) is 0 Å². The quantitative estimate of drug-likeness (QED) is 0.921. The van der Waals surface area contributed by atoms with Crippen LogP contribution in [0.2, 0.25) is 0 Å². The monoisotopic (exact) mass is 260 g/mol. The van der Waals surface area contributed by atoms with Crippen molar-refractivity contribution >= 4 is 17.5 Å². The SMILES string of the molecule is Cc1ccc(C(=O)O)c(N(C)c2ccc(F)cc2)n1. The summed E-state index contributed by atoms with van der Waals surface area (Å²) in [6.07, 6.45) is 0. The topological polar surface area (TPSA) is 53.4 Å². The van der Waals surface area contributed by atoms with Gasteiger partial charge in [-0.05, 0) is 43.3 Å². The summed E-state index contributed by atoms with van der Waals surface area (Å²) in [7, 11) is 1.70. The molecule has 0 aliphatic carbocycles. The summed E-state index contributed by atoms with van der Waals surface area (Å²) in [6.45, 7) is 1.79. The summed E-state index contributed by atoms with van der Waals surface area (Å²) < 4.78 is 12.9.